The molecule has 1 aromatic heterocycles. The van der Waals surface area contributed by atoms with Crippen LogP contribution in [0.25, 0.3) is 11.8 Å². The number of carboxylic acid groups (broad SMARTS) is 1. The first-order valence-corrected chi connectivity index (χ1v) is 6.60. The van der Waals surface area contributed by atoms with Crippen molar-refractivity contribution in [2.45, 2.75) is 13.8 Å². The van der Waals surface area contributed by atoms with Crippen molar-refractivity contribution in [2.24, 2.45) is 0 Å². The number of halogens is 1. The highest BCUT2D eigenvalue weighted by atomic mass is 35.5. The quantitative estimate of drug-likeness (QED) is 0.645. The number of benzene rings is 1. The van der Waals surface area contributed by atoms with Gasteiger partial charge in [0.1, 0.15) is 6.07 Å². The second-order valence-electron chi connectivity index (χ2n) is 4.60. The lowest BCUT2D eigenvalue weighted by molar-refractivity contribution is -0.298. The molecule has 0 aliphatic carbocycles. The molecule has 0 N–H and O–H groups in total. The van der Waals surface area contributed by atoms with Gasteiger partial charge in [-0.2, -0.15) is 5.26 Å². The number of aliphatic carboxylic acids is 1. The molecule has 0 atom stereocenters. The molecule has 4 nitrogen and oxygen atoms in total. The summed E-state index contributed by atoms with van der Waals surface area (Å²) in [7, 11) is 0. The molecule has 1 heterocycles. The normalized spacial score (nSPS) is 11.2. The predicted octanol–water partition coefficient (Wildman–Crippen LogP) is 2.40. The van der Waals surface area contributed by atoms with Crippen LogP contribution in [0.3, 0.4) is 0 Å². The third-order valence-electron chi connectivity index (χ3n) is 3.20. The highest BCUT2D eigenvalue weighted by Gasteiger charge is 2.10. The SMILES string of the molecule is Cc1cc(/C=C(/C#N)C(=O)[O-])c(C)n1-c1ccc(Cl)cc1. The van der Waals surface area contributed by atoms with Crippen molar-refractivity contribution in [1.29, 1.82) is 5.26 Å². The van der Waals surface area contributed by atoms with E-state index < -0.39 is 11.5 Å². The summed E-state index contributed by atoms with van der Waals surface area (Å²) >= 11 is 5.88. The van der Waals surface area contributed by atoms with E-state index >= 15 is 0 Å². The first-order valence-electron chi connectivity index (χ1n) is 6.22. The average molecular weight is 300 g/mol. The van der Waals surface area contributed by atoms with E-state index in [0.717, 1.165) is 17.1 Å². The van der Waals surface area contributed by atoms with Gasteiger partial charge in [0.05, 0.1) is 11.5 Å². The number of carboxylic acids is 1. The first kappa shape index (κ1) is 14.9. The van der Waals surface area contributed by atoms with Gasteiger partial charge in [0.25, 0.3) is 0 Å². The molecule has 0 amide bonds. The molecule has 0 unspecified atom stereocenters. The molecular formula is C16H12ClN2O2-. The maximum absolute atomic E-state index is 10.8. The maximum Gasteiger partial charge on any atom is 0.101 e. The largest absolute Gasteiger partial charge is 0.544 e. The van der Waals surface area contributed by atoms with Crippen molar-refractivity contribution < 1.29 is 9.90 Å². The third-order valence-corrected chi connectivity index (χ3v) is 3.45. The number of nitriles is 1. The average Bonchev–Trinajstić information content (AvgIpc) is 2.71. The van der Waals surface area contributed by atoms with E-state index in [2.05, 4.69) is 0 Å². The summed E-state index contributed by atoms with van der Waals surface area (Å²) in [5.74, 6) is -1.48. The zero-order valence-electron chi connectivity index (χ0n) is 11.6. The Morgan fingerprint density at radius 1 is 1.33 bits per heavy atom. The lowest BCUT2D eigenvalue weighted by atomic mass is 10.1. The van der Waals surface area contributed by atoms with Gasteiger partial charge in [-0.1, -0.05) is 11.6 Å². The van der Waals surface area contributed by atoms with Crippen LogP contribution in [-0.2, 0) is 4.79 Å². The minimum atomic E-state index is -1.48. The summed E-state index contributed by atoms with van der Waals surface area (Å²) in [6.07, 6.45) is 1.32. The van der Waals surface area contributed by atoms with Crippen molar-refractivity contribution >= 4 is 23.6 Å². The van der Waals surface area contributed by atoms with Crippen LogP contribution in [0.4, 0.5) is 0 Å². The maximum atomic E-state index is 10.8. The van der Waals surface area contributed by atoms with E-state index in [1.807, 2.05) is 36.6 Å². The molecular weight excluding hydrogens is 288 g/mol. The van der Waals surface area contributed by atoms with Crippen molar-refractivity contribution in [3.8, 4) is 11.8 Å². The van der Waals surface area contributed by atoms with E-state index in [4.69, 9.17) is 16.9 Å². The van der Waals surface area contributed by atoms with E-state index in [1.54, 1.807) is 18.2 Å². The Balaban J connectivity index is 2.55. The second kappa shape index (κ2) is 5.86. The molecule has 0 spiro atoms. The number of hydrogen-bond acceptors (Lipinski definition) is 3. The van der Waals surface area contributed by atoms with Crippen LogP contribution in [-0.4, -0.2) is 10.5 Å². The smallest absolute Gasteiger partial charge is 0.101 e. The van der Waals surface area contributed by atoms with Gasteiger partial charge in [-0.15, -0.1) is 0 Å². The molecule has 2 aromatic rings. The van der Waals surface area contributed by atoms with Crippen LogP contribution in [0.5, 0.6) is 0 Å². The number of aryl methyl sites for hydroxylation is 1. The van der Waals surface area contributed by atoms with Gasteiger partial charge in [-0.05, 0) is 55.8 Å². The highest BCUT2D eigenvalue weighted by Crippen LogP contribution is 2.23. The summed E-state index contributed by atoms with van der Waals surface area (Å²) in [5.41, 5.74) is 2.95. The Morgan fingerprint density at radius 3 is 2.48 bits per heavy atom. The van der Waals surface area contributed by atoms with Crippen molar-refractivity contribution in [3.63, 3.8) is 0 Å². The number of carbonyl (C=O) groups excluding carboxylic acids is 1. The third kappa shape index (κ3) is 2.99. The molecule has 0 bridgehead atoms. The van der Waals surface area contributed by atoms with E-state index in [9.17, 15) is 9.90 Å². The lowest BCUT2D eigenvalue weighted by Gasteiger charge is -2.09. The number of hydrogen-bond donors (Lipinski definition) is 0. The minimum absolute atomic E-state index is 0.397. The lowest BCUT2D eigenvalue weighted by Crippen LogP contribution is -2.23. The molecule has 0 saturated heterocycles. The number of aromatic nitrogens is 1. The van der Waals surface area contributed by atoms with E-state index in [0.29, 0.717) is 10.6 Å². The fourth-order valence-corrected chi connectivity index (χ4v) is 2.34. The van der Waals surface area contributed by atoms with E-state index in [-0.39, 0.29) is 0 Å². The predicted molar refractivity (Wildman–Crippen MR) is 78.9 cm³/mol. The molecule has 106 valence electrons. The van der Waals surface area contributed by atoms with Crippen molar-refractivity contribution in [3.05, 3.63) is 57.9 Å². The van der Waals surface area contributed by atoms with Crippen LogP contribution in [0.1, 0.15) is 17.0 Å². The molecule has 1 aromatic carbocycles. The molecule has 0 aliphatic rings. The van der Waals surface area contributed by atoms with Crippen LogP contribution < -0.4 is 5.11 Å². The zero-order valence-corrected chi connectivity index (χ0v) is 12.3. The Bertz CT molecular complexity index is 765. The van der Waals surface area contributed by atoms with Crippen LogP contribution in [0.15, 0.2) is 35.9 Å². The minimum Gasteiger partial charge on any atom is -0.544 e. The van der Waals surface area contributed by atoms with Gasteiger partial charge >= 0.3 is 0 Å². The Kier molecular flexibility index (Phi) is 4.15. The van der Waals surface area contributed by atoms with E-state index in [1.165, 1.54) is 6.08 Å². The highest BCUT2D eigenvalue weighted by molar-refractivity contribution is 6.30. The van der Waals surface area contributed by atoms with Gasteiger partial charge in [0.15, 0.2) is 0 Å². The summed E-state index contributed by atoms with van der Waals surface area (Å²) in [6, 6.07) is 10.8. The Morgan fingerprint density at radius 2 is 1.95 bits per heavy atom. The van der Waals surface area contributed by atoms with Gasteiger partial charge in [-0.3, -0.25) is 0 Å². The topological polar surface area (TPSA) is 68.8 Å². The number of carbonyl (C=O) groups is 1. The van der Waals surface area contributed by atoms with Crippen LogP contribution in [0.2, 0.25) is 5.02 Å². The number of nitrogens with zero attached hydrogens (tertiary/aromatic N) is 2. The summed E-state index contributed by atoms with van der Waals surface area (Å²) in [4.78, 5) is 10.8. The summed E-state index contributed by atoms with van der Waals surface area (Å²) in [6.45, 7) is 3.77. The second-order valence-corrected chi connectivity index (χ2v) is 5.03. The molecule has 0 fully saturated rings. The molecule has 2 rings (SSSR count). The summed E-state index contributed by atoms with van der Waals surface area (Å²) in [5, 5.41) is 20.3. The van der Waals surface area contributed by atoms with Crippen molar-refractivity contribution in [2.75, 3.05) is 0 Å². The Hall–Kier alpha value is -2.51. The van der Waals surface area contributed by atoms with Crippen molar-refractivity contribution in [1.82, 2.24) is 4.57 Å². The monoisotopic (exact) mass is 299 g/mol. The van der Waals surface area contributed by atoms with Gasteiger partial charge in [0.2, 0.25) is 0 Å². The first-order chi connectivity index (χ1) is 9.93. The standard InChI is InChI=1S/C16H13ClN2O2/c1-10-7-12(8-13(9-18)16(20)21)11(2)19(10)15-5-3-14(17)4-6-15/h3-8H,1-2H3,(H,20,21)/p-1/b13-8-. The molecule has 5 heteroatoms. The fraction of sp³-hybridized carbons (Fsp3) is 0.125. The van der Waals surface area contributed by atoms with Gasteiger partial charge < -0.3 is 14.5 Å². The molecule has 0 radical (unpaired) electrons. The fourth-order valence-electron chi connectivity index (χ4n) is 2.21. The zero-order chi connectivity index (χ0) is 15.6. The molecule has 0 saturated carbocycles. The van der Waals surface area contributed by atoms with Gasteiger partial charge in [-0.25, -0.2) is 0 Å². The Labute approximate surface area is 127 Å². The van der Waals surface area contributed by atoms with Crippen LogP contribution >= 0.6 is 11.6 Å². The molecule has 0 aliphatic heterocycles. The van der Waals surface area contributed by atoms with Crippen LogP contribution in [0, 0.1) is 25.2 Å². The van der Waals surface area contributed by atoms with Gasteiger partial charge in [0, 0.05) is 22.1 Å². The summed E-state index contributed by atoms with van der Waals surface area (Å²) < 4.78 is 1.96. The molecule has 21 heavy (non-hydrogen) atoms. The number of rotatable bonds is 3.